The third-order valence-corrected chi connectivity index (χ3v) is 7.43. The van der Waals surface area contributed by atoms with Crippen LogP contribution in [0.15, 0.2) is 65.6 Å². The number of hydrogen-bond acceptors (Lipinski definition) is 6. The van der Waals surface area contributed by atoms with Crippen molar-refractivity contribution in [3.8, 4) is 5.75 Å². The maximum Gasteiger partial charge on any atom is 0.243 e. The summed E-state index contributed by atoms with van der Waals surface area (Å²) in [6.07, 6.45) is 5.65. The van der Waals surface area contributed by atoms with E-state index in [0.717, 1.165) is 5.57 Å². The Morgan fingerprint density at radius 3 is 2.31 bits per heavy atom. The highest BCUT2D eigenvalue weighted by atomic mass is 32.2. The summed E-state index contributed by atoms with van der Waals surface area (Å²) in [5, 5.41) is 23.9. The number of carbonyl (C=O) groups excluding carboxylic acids is 1. The molecule has 3 unspecified atom stereocenters. The molecule has 202 valence electrons. The van der Waals surface area contributed by atoms with E-state index in [1.165, 1.54) is 23.5 Å². The second-order valence-corrected chi connectivity index (χ2v) is 11.0. The van der Waals surface area contributed by atoms with Crippen molar-refractivity contribution >= 4 is 15.9 Å². The summed E-state index contributed by atoms with van der Waals surface area (Å²) < 4.78 is 33.3. The maximum atomic E-state index is 13.5. The van der Waals surface area contributed by atoms with Crippen molar-refractivity contribution in [2.45, 2.75) is 70.1 Å². The Kier molecular flexibility index (Phi) is 13.7. The first-order chi connectivity index (χ1) is 17.0. The lowest BCUT2D eigenvalue weighted by Gasteiger charge is -2.31. The summed E-state index contributed by atoms with van der Waals surface area (Å²) in [5.74, 6) is 0.110. The van der Waals surface area contributed by atoms with Crippen molar-refractivity contribution in [1.29, 1.82) is 0 Å². The van der Waals surface area contributed by atoms with Gasteiger partial charge in [-0.3, -0.25) is 4.79 Å². The summed E-state index contributed by atoms with van der Waals surface area (Å²) in [6.45, 7) is 11.2. The number of rotatable bonds is 16. The number of carbonyl (C=O) groups is 1. The molecule has 1 rings (SSSR count). The van der Waals surface area contributed by atoms with Gasteiger partial charge in [0, 0.05) is 13.1 Å². The predicted molar refractivity (Wildman–Crippen MR) is 143 cm³/mol. The predicted octanol–water partition coefficient (Wildman–Crippen LogP) is 3.43. The van der Waals surface area contributed by atoms with Crippen LogP contribution < -0.4 is 10.1 Å². The molecule has 0 aliphatic carbocycles. The number of nitrogens with one attached hydrogen (secondary N) is 1. The number of methoxy groups -OCH3 is 1. The summed E-state index contributed by atoms with van der Waals surface area (Å²) in [7, 11) is -2.43. The fourth-order valence-corrected chi connectivity index (χ4v) is 5.13. The number of aliphatic hydroxyl groups is 2. The van der Waals surface area contributed by atoms with Crippen molar-refractivity contribution in [3.05, 3.63) is 60.7 Å². The van der Waals surface area contributed by atoms with Crippen LogP contribution in [-0.2, 0) is 14.8 Å². The number of amides is 1. The van der Waals surface area contributed by atoms with Gasteiger partial charge in [0.1, 0.15) is 5.75 Å². The molecule has 0 spiro atoms. The fourth-order valence-electron chi connectivity index (χ4n) is 3.51. The monoisotopic (exact) mass is 522 g/mol. The Hall–Kier alpha value is -2.46. The molecule has 1 aromatic rings. The summed E-state index contributed by atoms with van der Waals surface area (Å²) in [4.78, 5) is 12.7. The second kappa shape index (κ2) is 15.6. The van der Waals surface area contributed by atoms with E-state index < -0.39 is 34.2 Å². The molecule has 0 radical (unpaired) electrons. The molecule has 0 aliphatic rings. The lowest BCUT2D eigenvalue weighted by Crippen LogP contribution is -2.50. The SMILES string of the molecule is C=C/C(=C\C=C/C)CC(NC(=O)CC(O)CC)C(O)CN(CC(C)C)S(=O)(=O)c1ccc(OC)cc1. The summed E-state index contributed by atoms with van der Waals surface area (Å²) >= 11 is 0. The van der Waals surface area contributed by atoms with Crippen LogP contribution in [0.25, 0.3) is 0 Å². The van der Waals surface area contributed by atoms with Crippen LogP contribution in [-0.4, -0.2) is 67.3 Å². The molecule has 0 saturated heterocycles. The van der Waals surface area contributed by atoms with E-state index in [1.54, 1.807) is 25.1 Å². The van der Waals surface area contributed by atoms with Gasteiger partial charge < -0.3 is 20.3 Å². The van der Waals surface area contributed by atoms with Crippen LogP contribution in [0.2, 0.25) is 0 Å². The highest BCUT2D eigenvalue weighted by Gasteiger charge is 2.31. The molecule has 9 heteroatoms. The minimum absolute atomic E-state index is 0.00344. The number of benzene rings is 1. The smallest absolute Gasteiger partial charge is 0.243 e. The molecule has 0 heterocycles. The first-order valence-electron chi connectivity index (χ1n) is 12.2. The highest BCUT2D eigenvalue weighted by Crippen LogP contribution is 2.22. The van der Waals surface area contributed by atoms with Crippen LogP contribution in [0, 0.1) is 5.92 Å². The van der Waals surface area contributed by atoms with Gasteiger partial charge in [-0.1, -0.05) is 51.7 Å². The Labute approximate surface area is 216 Å². The van der Waals surface area contributed by atoms with Crippen LogP contribution >= 0.6 is 0 Å². The van der Waals surface area contributed by atoms with E-state index in [4.69, 9.17) is 4.74 Å². The topological polar surface area (TPSA) is 116 Å². The van der Waals surface area contributed by atoms with Gasteiger partial charge in [-0.15, -0.1) is 0 Å². The molecule has 3 N–H and O–H groups in total. The van der Waals surface area contributed by atoms with Gasteiger partial charge in [0.25, 0.3) is 0 Å². The standard InChI is InChI=1S/C27H42N2O6S/c1-7-10-11-21(8-2)16-25(28-27(32)17-22(30)9-3)26(31)19-29(18-20(4)5)36(33,34)24-14-12-23(35-6)13-15-24/h7-8,10-15,20,22,25-26,30-31H,2,9,16-19H2,1,3-6H3,(H,28,32)/b10-7-,21-11+. The largest absolute Gasteiger partial charge is 0.497 e. The fraction of sp³-hybridized carbons (Fsp3) is 0.519. The Morgan fingerprint density at radius 1 is 1.17 bits per heavy atom. The lowest BCUT2D eigenvalue weighted by atomic mass is 9.99. The molecule has 0 aromatic heterocycles. The van der Waals surface area contributed by atoms with Crippen LogP contribution in [0.1, 0.15) is 47.0 Å². The Balaban J connectivity index is 3.27. The molecule has 1 aromatic carbocycles. The number of ether oxygens (including phenoxy) is 1. The molecule has 0 saturated carbocycles. The van der Waals surface area contributed by atoms with Crippen LogP contribution in [0.3, 0.4) is 0 Å². The zero-order valence-corrected chi connectivity index (χ0v) is 22.9. The summed E-state index contributed by atoms with van der Waals surface area (Å²) in [5.41, 5.74) is 0.766. The van der Waals surface area contributed by atoms with Gasteiger partial charge in [-0.05, 0) is 55.5 Å². The minimum atomic E-state index is -3.93. The number of sulfonamides is 1. The Bertz CT molecular complexity index is 986. The quantitative estimate of drug-likeness (QED) is 0.287. The normalized spacial score (nSPS) is 15.2. The first kappa shape index (κ1) is 31.6. The minimum Gasteiger partial charge on any atom is -0.497 e. The number of nitrogens with zero attached hydrogens (tertiary/aromatic N) is 1. The third kappa shape index (κ3) is 10.3. The van der Waals surface area contributed by atoms with Crippen molar-refractivity contribution in [2.24, 2.45) is 5.92 Å². The van der Waals surface area contributed by atoms with Gasteiger partial charge in [0.05, 0.1) is 36.7 Å². The molecule has 1 amide bonds. The van der Waals surface area contributed by atoms with Gasteiger partial charge in [0.15, 0.2) is 0 Å². The van der Waals surface area contributed by atoms with Crippen molar-refractivity contribution in [2.75, 3.05) is 20.2 Å². The molecule has 0 bridgehead atoms. The zero-order chi connectivity index (χ0) is 27.3. The second-order valence-electron chi connectivity index (χ2n) is 9.07. The van der Waals surface area contributed by atoms with Gasteiger partial charge in [0.2, 0.25) is 15.9 Å². The molecular formula is C27H42N2O6S. The van der Waals surface area contributed by atoms with E-state index in [1.807, 2.05) is 39.0 Å². The molecule has 3 atom stereocenters. The van der Waals surface area contributed by atoms with Crippen molar-refractivity contribution in [3.63, 3.8) is 0 Å². The molecule has 8 nitrogen and oxygen atoms in total. The van der Waals surface area contributed by atoms with E-state index in [9.17, 15) is 23.4 Å². The maximum absolute atomic E-state index is 13.5. The zero-order valence-electron chi connectivity index (χ0n) is 22.1. The molecule has 0 fully saturated rings. The first-order valence-corrected chi connectivity index (χ1v) is 13.7. The number of hydrogen-bond donors (Lipinski definition) is 3. The lowest BCUT2D eigenvalue weighted by molar-refractivity contribution is -0.124. The molecular weight excluding hydrogens is 480 g/mol. The van der Waals surface area contributed by atoms with Crippen LogP contribution in [0.5, 0.6) is 5.75 Å². The average molecular weight is 523 g/mol. The van der Waals surface area contributed by atoms with Crippen molar-refractivity contribution in [1.82, 2.24) is 9.62 Å². The summed E-state index contributed by atoms with van der Waals surface area (Å²) in [6, 6.07) is 5.28. The van der Waals surface area contributed by atoms with Gasteiger partial charge in [-0.25, -0.2) is 8.42 Å². The van der Waals surface area contributed by atoms with Crippen LogP contribution in [0.4, 0.5) is 0 Å². The van der Waals surface area contributed by atoms with Gasteiger partial charge >= 0.3 is 0 Å². The molecule has 36 heavy (non-hydrogen) atoms. The Morgan fingerprint density at radius 2 is 1.81 bits per heavy atom. The number of aliphatic hydroxyl groups excluding tert-OH is 2. The number of allylic oxidation sites excluding steroid dienone is 4. The average Bonchev–Trinajstić information content (AvgIpc) is 2.84. The van der Waals surface area contributed by atoms with E-state index in [-0.39, 0.29) is 36.7 Å². The van der Waals surface area contributed by atoms with E-state index in [0.29, 0.717) is 12.2 Å². The van der Waals surface area contributed by atoms with E-state index >= 15 is 0 Å². The van der Waals surface area contributed by atoms with E-state index in [2.05, 4.69) is 11.9 Å². The van der Waals surface area contributed by atoms with Crippen molar-refractivity contribution < 1.29 is 28.2 Å². The molecule has 0 aliphatic heterocycles. The van der Waals surface area contributed by atoms with Gasteiger partial charge in [-0.2, -0.15) is 4.31 Å². The third-order valence-electron chi connectivity index (χ3n) is 5.58. The highest BCUT2D eigenvalue weighted by molar-refractivity contribution is 7.89.